The minimum absolute atomic E-state index is 0.0271. The molecule has 0 bridgehead atoms. The van der Waals surface area contributed by atoms with Crippen LogP contribution in [-0.2, 0) is 11.0 Å². The Morgan fingerprint density at radius 3 is 2.13 bits per heavy atom. The predicted molar refractivity (Wildman–Crippen MR) is 90.1 cm³/mol. The van der Waals surface area contributed by atoms with Gasteiger partial charge in [0, 0.05) is 5.56 Å². The molecular weight excluding hydrogens is 439 g/mol. The van der Waals surface area contributed by atoms with E-state index >= 15 is 0 Å². The average molecular weight is 449 g/mol. The number of benzene rings is 2. The molecule has 1 aliphatic heterocycles. The Hall–Kier alpha value is -3.64. The molecule has 13 heteroatoms. The van der Waals surface area contributed by atoms with Gasteiger partial charge in [-0.1, -0.05) is 6.07 Å². The van der Waals surface area contributed by atoms with E-state index in [2.05, 4.69) is 0 Å². The molecule has 0 aliphatic carbocycles. The maximum Gasteiger partial charge on any atom is 0.440 e. The van der Waals surface area contributed by atoms with Gasteiger partial charge in [-0.05, 0) is 42.5 Å². The Bertz CT molecular complexity index is 1050. The minimum atomic E-state index is -5.58. The molecule has 1 fully saturated rings. The fourth-order valence-electron chi connectivity index (χ4n) is 2.78. The number of halogens is 7. The molecule has 0 aromatic heterocycles. The summed E-state index contributed by atoms with van der Waals surface area (Å²) in [5.74, 6) is -4.47. The van der Waals surface area contributed by atoms with E-state index in [0.29, 0.717) is 12.1 Å². The SMILES string of the molecule is O=C(N[C@@]1(C(F)(F)F)NC(=O)N(c2ccc(F)cc2)C1=O)c1cccc(C(F)(F)F)c1. The summed E-state index contributed by atoms with van der Waals surface area (Å²) in [6.07, 6.45) is -10.5. The first-order valence-electron chi connectivity index (χ1n) is 8.25. The number of hydrogen-bond acceptors (Lipinski definition) is 3. The lowest BCUT2D eigenvalue weighted by atomic mass is 10.1. The molecule has 1 atom stereocenters. The maximum absolute atomic E-state index is 13.8. The molecule has 1 aliphatic rings. The van der Waals surface area contributed by atoms with Crippen LogP contribution in [0.3, 0.4) is 0 Å². The van der Waals surface area contributed by atoms with E-state index in [0.717, 1.165) is 36.4 Å². The number of nitrogens with zero attached hydrogens (tertiary/aromatic N) is 1. The van der Waals surface area contributed by atoms with Gasteiger partial charge in [-0.15, -0.1) is 0 Å². The van der Waals surface area contributed by atoms with E-state index in [4.69, 9.17) is 0 Å². The standard InChI is InChI=1S/C18H10F7N3O3/c19-11-4-6-12(7-5-11)28-14(30)16(18(23,24)25,27-15(28)31)26-13(29)9-2-1-3-10(8-9)17(20,21)22/h1-8H,(H,26,29)(H,27,31)/t16-/m1/s1. The molecule has 0 radical (unpaired) electrons. The Balaban J connectivity index is 1.99. The number of carbonyl (C=O) groups excluding carboxylic acids is 3. The van der Waals surface area contributed by atoms with Gasteiger partial charge in [-0.3, -0.25) is 14.9 Å². The highest BCUT2D eigenvalue weighted by atomic mass is 19.4. The van der Waals surface area contributed by atoms with Gasteiger partial charge in [0.05, 0.1) is 11.3 Å². The molecule has 164 valence electrons. The molecule has 0 spiro atoms. The summed E-state index contributed by atoms with van der Waals surface area (Å²) in [7, 11) is 0. The van der Waals surface area contributed by atoms with Gasteiger partial charge in [0.2, 0.25) is 0 Å². The van der Waals surface area contributed by atoms with Gasteiger partial charge >= 0.3 is 18.4 Å². The molecule has 0 unspecified atom stereocenters. The molecule has 0 saturated carbocycles. The number of alkyl halides is 6. The summed E-state index contributed by atoms with van der Waals surface area (Å²) in [6, 6.07) is 4.16. The van der Waals surface area contributed by atoms with E-state index in [-0.39, 0.29) is 4.90 Å². The molecule has 2 aromatic carbocycles. The number of anilines is 1. The highest BCUT2D eigenvalue weighted by Crippen LogP contribution is 2.36. The first kappa shape index (κ1) is 22.1. The third-order valence-electron chi connectivity index (χ3n) is 4.28. The third-order valence-corrected chi connectivity index (χ3v) is 4.28. The summed E-state index contributed by atoms with van der Waals surface area (Å²) in [5.41, 5.74) is -6.52. The van der Waals surface area contributed by atoms with Crippen molar-refractivity contribution in [3.8, 4) is 0 Å². The van der Waals surface area contributed by atoms with Crippen LogP contribution in [0, 0.1) is 5.82 Å². The van der Waals surface area contributed by atoms with Crippen LogP contribution >= 0.6 is 0 Å². The largest absolute Gasteiger partial charge is 0.440 e. The average Bonchev–Trinajstić information content (AvgIpc) is 2.92. The molecule has 1 saturated heterocycles. The van der Waals surface area contributed by atoms with E-state index in [1.54, 1.807) is 0 Å². The summed E-state index contributed by atoms with van der Waals surface area (Å²) < 4.78 is 93.0. The number of urea groups is 1. The zero-order valence-electron chi connectivity index (χ0n) is 14.9. The molecular formula is C18H10F7N3O3. The highest BCUT2D eigenvalue weighted by molar-refractivity contribution is 6.24. The predicted octanol–water partition coefficient (Wildman–Crippen LogP) is 3.59. The van der Waals surface area contributed by atoms with Crippen molar-refractivity contribution >= 4 is 23.5 Å². The molecule has 31 heavy (non-hydrogen) atoms. The molecule has 1 heterocycles. The monoisotopic (exact) mass is 449 g/mol. The van der Waals surface area contributed by atoms with Crippen molar-refractivity contribution in [3.63, 3.8) is 0 Å². The second kappa shape index (κ2) is 7.25. The van der Waals surface area contributed by atoms with E-state index in [1.165, 1.54) is 10.6 Å². The fourth-order valence-corrected chi connectivity index (χ4v) is 2.78. The Morgan fingerprint density at radius 1 is 0.968 bits per heavy atom. The molecule has 4 amide bonds. The zero-order valence-corrected chi connectivity index (χ0v) is 14.9. The van der Waals surface area contributed by atoms with Gasteiger partial charge in [-0.2, -0.15) is 26.3 Å². The Morgan fingerprint density at radius 2 is 1.58 bits per heavy atom. The summed E-state index contributed by atoms with van der Waals surface area (Å²) in [4.78, 5) is 37.1. The van der Waals surface area contributed by atoms with Gasteiger partial charge in [0.1, 0.15) is 5.82 Å². The van der Waals surface area contributed by atoms with Crippen molar-refractivity contribution in [2.24, 2.45) is 0 Å². The van der Waals surface area contributed by atoms with Gasteiger partial charge in [0.25, 0.3) is 17.5 Å². The Labute approximate surface area is 168 Å². The smallest absolute Gasteiger partial charge is 0.314 e. The van der Waals surface area contributed by atoms with Crippen molar-refractivity contribution in [3.05, 3.63) is 65.5 Å². The fraction of sp³-hybridized carbons (Fsp3) is 0.167. The van der Waals surface area contributed by atoms with Gasteiger partial charge in [-0.25, -0.2) is 14.1 Å². The quantitative estimate of drug-likeness (QED) is 0.556. The summed E-state index contributed by atoms with van der Waals surface area (Å²) in [6.45, 7) is 0. The van der Waals surface area contributed by atoms with E-state index < -0.39 is 58.5 Å². The zero-order chi connectivity index (χ0) is 23.2. The number of amides is 4. The first-order valence-corrected chi connectivity index (χ1v) is 8.25. The van der Waals surface area contributed by atoms with Crippen LogP contribution in [0.4, 0.5) is 41.2 Å². The molecule has 2 aromatic rings. The van der Waals surface area contributed by atoms with Crippen LogP contribution in [0.1, 0.15) is 15.9 Å². The lowest BCUT2D eigenvalue weighted by molar-refractivity contribution is -0.197. The summed E-state index contributed by atoms with van der Waals surface area (Å²) >= 11 is 0. The van der Waals surface area contributed by atoms with Crippen molar-refractivity contribution in [2.45, 2.75) is 18.0 Å². The lowest BCUT2D eigenvalue weighted by Gasteiger charge is -2.30. The van der Waals surface area contributed by atoms with Gasteiger partial charge < -0.3 is 5.32 Å². The topological polar surface area (TPSA) is 78.5 Å². The highest BCUT2D eigenvalue weighted by Gasteiger charge is 2.69. The number of rotatable bonds is 3. The van der Waals surface area contributed by atoms with Crippen LogP contribution < -0.4 is 15.5 Å². The van der Waals surface area contributed by atoms with Crippen LogP contribution in [0.5, 0.6) is 0 Å². The lowest BCUT2D eigenvalue weighted by Crippen LogP contribution is -2.69. The Kier molecular flexibility index (Phi) is 5.16. The number of carbonyl (C=O) groups is 3. The van der Waals surface area contributed by atoms with Crippen molar-refractivity contribution in [2.75, 3.05) is 4.90 Å². The van der Waals surface area contributed by atoms with Crippen LogP contribution in [0.15, 0.2) is 48.5 Å². The molecule has 6 nitrogen and oxygen atoms in total. The summed E-state index contributed by atoms with van der Waals surface area (Å²) in [5, 5.41) is 2.62. The normalized spacial score (nSPS) is 19.4. The minimum Gasteiger partial charge on any atom is -0.314 e. The number of hydrogen-bond donors (Lipinski definition) is 2. The van der Waals surface area contributed by atoms with Crippen LogP contribution in [0.25, 0.3) is 0 Å². The van der Waals surface area contributed by atoms with Crippen molar-refractivity contribution in [1.29, 1.82) is 0 Å². The van der Waals surface area contributed by atoms with Gasteiger partial charge in [0.15, 0.2) is 0 Å². The maximum atomic E-state index is 13.8. The number of nitrogens with one attached hydrogen (secondary N) is 2. The second-order valence-corrected chi connectivity index (χ2v) is 6.33. The van der Waals surface area contributed by atoms with Crippen LogP contribution in [-0.4, -0.2) is 29.7 Å². The van der Waals surface area contributed by atoms with Crippen molar-refractivity contribution in [1.82, 2.24) is 10.6 Å². The molecule has 2 N–H and O–H groups in total. The molecule has 3 rings (SSSR count). The third kappa shape index (κ3) is 3.90. The first-order chi connectivity index (χ1) is 14.3. The van der Waals surface area contributed by atoms with Crippen LogP contribution in [0.2, 0.25) is 0 Å². The number of imide groups is 1. The van der Waals surface area contributed by atoms with Crippen molar-refractivity contribution < 1.29 is 45.1 Å². The van der Waals surface area contributed by atoms with E-state index in [1.807, 2.05) is 0 Å². The van der Waals surface area contributed by atoms with E-state index in [9.17, 15) is 45.1 Å². The second-order valence-electron chi connectivity index (χ2n) is 6.33.